The van der Waals surface area contributed by atoms with Gasteiger partial charge in [0, 0.05) is 32.6 Å². The molecule has 3 N–H and O–H groups in total. The summed E-state index contributed by atoms with van der Waals surface area (Å²) in [7, 11) is 0. The normalized spacial score (nSPS) is 31.0. The largest absolute Gasteiger partial charge is 0.465 e. The first-order chi connectivity index (χ1) is 12.3. The van der Waals surface area contributed by atoms with Crippen LogP contribution in [0.2, 0.25) is 0 Å². The molecular formula is C17H27N3O6. The second kappa shape index (κ2) is 7.13. The minimum Gasteiger partial charge on any atom is -0.465 e. The van der Waals surface area contributed by atoms with Gasteiger partial charge in [-0.25, -0.2) is 4.79 Å². The molecule has 1 saturated carbocycles. The van der Waals surface area contributed by atoms with Crippen LogP contribution in [0.1, 0.15) is 32.6 Å². The van der Waals surface area contributed by atoms with Crippen molar-refractivity contribution in [3.05, 3.63) is 0 Å². The topological polar surface area (TPSA) is 122 Å². The Bertz CT molecular complexity index is 581. The lowest BCUT2D eigenvalue weighted by molar-refractivity contribution is -0.159. The Morgan fingerprint density at radius 1 is 1.31 bits per heavy atom. The second-order valence-electron chi connectivity index (χ2n) is 7.69. The zero-order valence-electron chi connectivity index (χ0n) is 15.0. The number of aldehydes is 1. The van der Waals surface area contributed by atoms with Crippen molar-refractivity contribution in [2.45, 2.75) is 57.0 Å². The van der Waals surface area contributed by atoms with Gasteiger partial charge in [0.25, 0.3) is 0 Å². The summed E-state index contributed by atoms with van der Waals surface area (Å²) in [5, 5.41) is 30.2. The number of carboxylic acid groups (broad SMARTS) is 1. The van der Waals surface area contributed by atoms with E-state index in [-0.39, 0.29) is 24.9 Å². The van der Waals surface area contributed by atoms with Crippen molar-refractivity contribution in [3.8, 4) is 0 Å². The molecule has 0 aromatic rings. The van der Waals surface area contributed by atoms with Crippen molar-refractivity contribution in [2.24, 2.45) is 5.41 Å². The van der Waals surface area contributed by atoms with Crippen LogP contribution in [-0.4, -0.2) is 98.9 Å². The molecule has 2 saturated heterocycles. The van der Waals surface area contributed by atoms with Crippen LogP contribution in [0.15, 0.2) is 0 Å². The fourth-order valence-electron chi connectivity index (χ4n) is 4.31. The van der Waals surface area contributed by atoms with Gasteiger partial charge in [-0.15, -0.1) is 0 Å². The van der Waals surface area contributed by atoms with E-state index in [0.717, 1.165) is 24.2 Å². The summed E-state index contributed by atoms with van der Waals surface area (Å²) < 4.78 is 0. The molecule has 1 aliphatic carbocycles. The Kier molecular flexibility index (Phi) is 5.23. The van der Waals surface area contributed by atoms with Gasteiger partial charge in [-0.3, -0.25) is 14.6 Å². The lowest BCUT2D eigenvalue weighted by atomic mass is 9.89. The van der Waals surface area contributed by atoms with Crippen molar-refractivity contribution < 1.29 is 29.7 Å². The van der Waals surface area contributed by atoms with E-state index in [1.165, 1.54) is 11.8 Å². The Morgan fingerprint density at radius 2 is 2.00 bits per heavy atom. The summed E-state index contributed by atoms with van der Waals surface area (Å²) in [5.74, 6) is -0.394. The van der Waals surface area contributed by atoms with Crippen LogP contribution in [0, 0.1) is 5.41 Å². The first-order valence-electron chi connectivity index (χ1n) is 9.14. The summed E-state index contributed by atoms with van der Waals surface area (Å²) in [6, 6.07) is -0.850. The number of hydrogen-bond acceptors (Lipinski definition) is 6. The molecule has 3 rings (SSSR count). The van der Waals surface area contributed by atoms with Crippen LogP contribution >= 0.6 is 0 Å². The number of aliphatic hydroxyl groups excluding tert-OH is 2. The second-order valence-corrected chi connectivity index (χ2v) is 7.69. The van der Waals surface area contributed by atoms with E-state index in [1.807, 2.05) is 4.90 Å². The Labute approximate surface area is 152 Å². The highest BCUT2D eigenvalue weighted by Crippen LogP contribution is 2.54. The maximum absolute atomic E-state index is 12.8. The Balaban J connectivity index is 1.79. The number of nitrogens with zero attached hydrogens (tertiary/aromatic N) is 3. The van der Waals surface area contributed by atoms with E-state index in [1.54, 1.807) is 0 Å². The summed E-state index contributed by atoms with van der Waals surface area (Å²) in [5.41, 5.74) is -0.0179. The van der Waals surface area contributed by atoms with Crippen LogP contribution in [0.4, 0.5) is 4.79 Å². The van der Waals surface area contributed by atoms with Gasteiger partial charge in [0.1, 0.15) is 18.5 Å². The van der Waals surface area contributed by atoms with Gasteiger partial charge < -0.3 is 25.0 Å². The molecule has 0 aromatic carbocycles. The Hall–Kier alpha value is -1.71. The van der Waals surface area contributed by atoms with Crippen LogP contribution in [0.25, 0.3) is 0 Å². The van der Waals surface area contributed by atoms with Gasteiger partial charge in [-0.05, 0) is 31.6 Å². The minimum atomic E-state index is -1.15. The molecule has 26 heavy (non-hydrogen) atoms. The summed E-state index contributed by atoms with van der Waals surface area (Å²) in [6.45, 7) is 2.77. The maximum Gasteiger partial charge on any atom is 0.408 e. The predicted molar refractivity (Wildman–Crippen MR) is 90.2 cm³/mol. The zero-order chi connectivity index (χ0) is 19.1. The van der Waals surface area contributed by atoms with Crippen LogP contribution in [0.5, 0.6) is 0 Å². The zero-order valence-corrected chi connectivity index (χ0v) is 15.0. The number of piperazine rings is 1. The van der Waals surface area contributed by atoms with Crippen LogP contribution in [-0.2, 0) is 9.59 Å². The fraction of sp³-hybridized carbons (Fsp3) is 0.824. The number of rotatable bonds is 5. The number of carbonyl (C=O) groups excluding carboxylic acids is 2. The highest BCUT2D eigenvalue weighted by molar-refractivity contribution is 5.86. The third-order valence-electron chi connectivity index (χ3n) is 6.21. The van der Waals surface area contributed by atoms with Gasteiger partial charge in [-0.2, -0.15) is 0 Å². The van der Waals surface area contributed by atoms with E-state index in [9.17, 15) is 29.7 Å². The molecule has 2 amide bonds. The van der Waals surface area contributed by atoms with Gasteiger partial charge in [0.15, 0.2) is 0 Å². The van der Waals surface area contributed by atoms with Crippen LogP contribution in [0.3, 0.4) is 0 Å². The van der Waals surface area contributed by atoms with Gasteiger partial charge in [0.05, 0.1) is 12.2 Å². The number of hydrogen-bond donors (Lipinski definition) is 3. The van der Waals surface area contributed by atoms with Gasteiger partial charge in [-0.1, -0.05) is 0 Å². The van der Waals surface area contributed by atoms with E-state index < -0.39 is 36.4 Å². The molecular weight excluding hydrogens is 342 g/mol. The number of carbonyl (C=O) groups is 3. The smallest absolute Gasteiger partial charge is 0.408 e. The van der Waals surface area contributed by atoms with Crippen molar-refractivity contribution in [1.29, 1.82) is 0 Å². The molecule has 0 aromatic heterocycles. The lowest BCUT2D eigenvalue weighted by Crippen LogP contribution is -2.67. The highest BCUT2D eigenvalue weighted by Gasteiger charge is 2.53. The monoisotopic (exact) mass is 369 g/mol. The quantitative estimate of drug-likeness (QED) is 0.549. The molecule has 146 valence electrons. The van der Waals surface area contributed by atoms with Gasteiger partial charge in [0.2, 0.25) is 5.91 Å². The van der Waals surface area contributed by atoms with Gasteiger partial charge >= 0.3 is 6.09 Å². The average molecular weight is 369 g/mol. The Morgan fingerprint density at radius 3 is 2.54 bits per heavy atom. The third-order valence-corrected chi connectivity index (χ3v) is 6.21. The van der Waals surface area contributed by atoms with Crippen molar-refractivity contribution in [1.82, 2.24) is 14.7 Å². The molecule has 9 nitrogen and oxygen atoms in total. The van der Waals surface area contributed by atoms with E-state index in [2.05, 4.69) is 0 Å². The molecule has 0 bridgehead atoms. The number of likely N-dealkylation sites (tertiary alicyclic amines) is 1. The molecule has 9 heteroatoms. The highest BCUT2D eigenvalue weighted by atomic mass is 16.4. The number of aliphatic hydroxyl groups is 2. The number of β-amino-alcohol motifs (C(OH)–C–C–N with tert-alkyl or cyclic N) is 1. The molecule has 1 spiro atoms. The summed E-state index contributed by atoms with van der Waals surface area (Å²) in [4.78, 5) is 39.4. The predicted octanol–water partition coefficient (Wildman–Crippen LogP) is -0.680. The molecule has 3 unspecified atom stereocenters. The summed E-state index contributed by atoms with van der Waals surface area (Å²) in [6.07, 6.45) is -0.220. The van der Waals surface area contributed by atoms with Crippen molar-refractivity contribution >= 4 is 18.3 Å². The third kappa shape index (κ3) is 3.30. The average Bonchev–Trinajstić information content (AvgIpc) is 3.36. The maximum atomic E-state index is 12.8. The van der Waals surface area contributed by atoms with E-state index in [4.69, 9.17) is 0 Å². The molecule has 2 heterocycles. The fourth-order valence-corrected chi connectivity index (χ4v) is 4.31. The standard InChI is InChI=1S/C17H27N3O6/c1-11-15(24)20(8-7-19(11)16(25)26)14(12(22)2-9-21)18-6-5-17(3-4-17)13(23)10-18/h9,11-14,22-23H,2-8,10H2,1H3,(H,25,26)/t11?,12?,13?,14-/m0/s1. The molecule has 3 fully saturated rings. The summed E-state index contributed by atoms with van der Waals surface area (Å²) >= 11 is 0. The molecule has 0 radical (unpaired) electrons. The number of piperidine rings is 1. The van der Waals surface area contributed by atoms with Crippen molar-refractivity contribution in [2.75, 3.05) is 26.2 Å². The van der Waals surface area contributed by atoms with Crippen LogP contribution < -0.4 is 0 Å². The number of amides is 2. The van der Waals surface area contributed by atoms with E-state index in [0.29, 0.717) is 19.4 Å². The molecule has 3 aliphatic rings. The first-order valence-corrected chi connectivity index (χ1v) is 9.14. The lowest BCUT2D eigenvalue weighted by Gasteiger charge is -2.49. The molecule has 4 atom stereocenters. The molecule has 2 aliphatic heterocycles. The first kappa shape index (κ1) is 19.1. The van der Waals surface area contributed by atoms with Crippen molar-refractivity contribution in [3.63, 3.8) is 0 Å². The SMILES string of the molecule is CC1C(=O)N([C@@H](C(O)CC=O)N2CCC3(CC3)C(O)C2)CCN1C(=O)O. The van der Waals surface area contributed by atoms with E-state index >= 15 is 0 Å². The minimum absolute atomic E-state index is 0.0179.